The summed E-state index contributed by atoms with van der Waals surface area (Å²) in [6.07, 6.45) is 2.75. The van der Waals surface area contributed by atoms with E-state index in [1.54, 1.807) is 6.92 Å². The van der Waals surface area contributed by atoms with Crippen LogP contribution in [0.3, 0.4) is 0 Å². The Labute approximate surface area is 83.9 Å². The van der Waals surface area contributed by atoms with Crippen molar-refractivity contribution < 1.29 is 13.2 Å². The van der Waals surface area contributed by atoms with Gasteiger partial charge < -0.3 is 0 Å². The van der Waals surface area contributed by atoms with Gasteiger partial charge in [-0.2, -0.15) is 0 Å². The van der Waals surface area contributed by atoms with Gasteiger partial charge in [0.1, 0.15) is 0 Å². The molecule has 0 atom stereocenters. The van der Waals surface area contributed by atoms with E-state index in [9.17, 15) is 13.2 Å². The summed E-state index contributed by atoms with van der Waals surface area (Å²) in [4.78, 5) is 13.6. The van der Waals surface area contributed by atoms with Crippen molar-refractivity contribution in [2.45, 2.75) is 25.8 Å². The van der Waals surface area contributed by atoms with Crippen molar-refractivity contribution in [3.05, 3.63) is 0 Å². The van der Waals surface area contributed by atoms with Crippen LogP contribution in [0.1, 0.15) is 19.8 Å². The summed E-state index contributed by atoms with van der Waals surface area (Å²) in [5.41, 5.74) is 0. The first-order valence-electron chi connectivity index (χ1n) is 4.65. The second kappa shape index (κ2) is 4.68. The summed E-state index contributed by atoms with van der Waals surface area (Å²) in [7, 11) is -3.07. The normalized spacial score (nSPS) is 20.4. The molecular weight excluding hydrogens is 204 g/mol. The Morgan fingerprint density at radius 3 is 2.43 bits per heavy atom. The molecule has 1 saturated heterocycles. The highest BCUT2D eigenvalue weighted by atomic mass is 32.2. The van der Waals surface area contributed by atoms with Crippen LogP contribution in [-0.2, 0) is 14.8 Å². The van der Waals surface area contributed by atoms with E-state index in [0.717, 1.165) is 0 Å². The van der Waals surface area contributed by atoms with E-state index in [1.807, 2.05) is 0 Å². The van der Waals surface area contributed by atoms with E-state index in [0.29, 0.717) is 25.9 Å². The van der Waals surface area contributed by atoms with E-state index in [2.05, 4.69) is 4.99 Å². The van der Waals surface area contributed by atoms with Crippen LogP contribution in [0.2, 0.25) is 0 Å². The molecule has 6 heteroatoms. The van der Waals surface area contributed by atoms with Crippen molar-refractivity contribution in [3.8, 4) is 0 Å². The minimum absolute atomic E-state index is 0.0455. The predicted molar refractivity (Wildman–Crippen MR) is 52.2 cm³/mol. The summed E-state index contributed by atoms with van der Waals surface area (Å²) in [5.74, 6) is 0.134. The van der Waals surface area contributed by atoms with Crippen molar-refractivity contribution in [1.29, 1.82) is 0 Å². The minimum atomic E-state index is -3.07. The molecule has 0 aromatic rings. The lowest BCUT2D eigenvalue weighted by Crippen LogP contribution is -2.40. The molecule has 5 nitrogen and oxygen atoms in total. The van der Waals surface area contributed by atoms with Gasteiger partial charge in [-0.1, -0.05) is 0 Å². The zero-order valence-electron chi connectivity index (χ0n) is 8.14. The van der Waals surface area contributed by atoms with Gasteiger partial charge >= 0.3 is 0 Å². The molecule has 0 N–H and O–H groups in total. The summed E-state index contributed by atoms with van der Waals surface area (Å²) < 4.78 is 24.3. The average Bonchev–Trinajstić information content (AvgIpc) is 2.19. The molecule has 0 aliphatic carbocycles. The molecule has 1 heterocycles. The molecule has 1 rings (SSSR count). The van der Waals surface area contributed by atoms with Gasteiger partial charge in [0.15, 0.2) is 0 Å². The molecule has 0 aromatic carbocycles. The van der Waals surface area contributed by atoms with Crippen LogP contribution in [-0.4, -0.2) is 43.7 Å². The van der Waals surface area contributed by atoms with E-state index >= 15 is 0 Å². The molecule has 80 valence electrons. The first kappa shape index (κ1) is 11.4. The Hall–Kier alpha value is -0.710. The lowest BCUT2D eigenvalue weighted by atomic mass is 10.1. The van der Waals surface area contributed by atoms with Crippen LogP contribution in [0.15, 0.2) is 4.99 Å². The predicted octanol–water partition coefficient (Wildman–Crippen LogP) is 0.136. The quantitative estimate of drug-likeness (QED) is 0.499. The Morgan fingerprint density at radius 1 is 1.43 bits per heavy atom. The van der Waals surface area contributed by atoms with E-state index in [1.165, 1.54) is 10.4 Å². The first-order valence-corrected chi connectivity index (χ1v) is 6.26. The summed E-state index contributed by atoms with van der Waals surface area (Å²) >= 11 is 0. The first-order chi connectivity index (χ1) is 6.60. The molecule has 1 aliphatic rings. The fourth-order valence-corrected chi connectivity index (χ4v) is 2.64. The second-order valence-electron chi connectivity index (χ2n) is 3.25. The highest BCUT2D eigenvalue weighted by molar-refractivity contribution is 7.89. The fraction of sp³-hybridized carbons (Fsp3) is 0.875. The molecule has 0 spiro atoms. The topological polar surface area (TPSA) is 66.8 Å². The average molecular weight is 218 g/mol. The number of aliphatic imine (C=N–C) groups is 1. The van der Waals surface area contributed by atoms with Gasteiger partial charge in [0.25, 0.3) is 0 Å². The third kappa shape index (κ3) is 2.64. The van der Waals surface area contributed by atoms with Crippen molar-refractivity contribution in [2.24, 2.45) is 4.99 Å². The Balaban J connectivity index is 2.55. The third-order valence-corrected chi connectivity index (χ3v) is 4.30. The number of sulfonamides is 1. The Morgan fingerprint density at radius 2 is 2.00 bits per heavy atom. The van der Waals surface area contributed by atoms with Gasteiger partial charge in [0, 0.05) is 13.1 Å². The van der Waals surface area contributed by atoms with Crippen LogP contribution in [0, 0.1) is 0 Å². The van der Waals surface area contributed by atoms with Gasteiger partial charge in [-0.3, -0.25) is 0 Å². The molecule has 0 aromatic heterocycles. The smallest absolute Gasteiger partial charge is 0.212 e. The molecule has 0 saturated carbocycles. The lowest BCUT2D eigenvalue weighted by Gasteiger charge is -2.28. The van der Waals surface area contributed by atoms with Crippen molar-refractivity contribution >= 4 is 16.1 Å². The SMILES string of the molecule is CCS(=O)(=O)N1CCC(N=C=O)CC1. The fourth-order valence-electron chi connectivity index (χ4n) is 1.51. The van der Waals surface area contributed by atoms with E-state index in [-0.39, 0.29) is 11.8 Å². The Kier molecular flexibility index (Phi) is 3.80. The number of hydrogen-bond acceptors (Lipinski definition) is 4. The number of piperidine rings is 1. The second-order valence-corrected chi connectivity index (χ2v) is 5.51. The van der Waals surface area contributed by atoms with Gasteiger partial charge in [-0.05, 0) is 19.8 Å². The van der Waals surface area contributed by atoms with Crippen LogP contribution < -0.4 is 0 Å². The molecule has 0 unspecified atom stereocenters. The summed E-state index contributed by atoms with van der Waals surface area (Å²) in [5, 5.41) is 0. The largest absolute Gasteiger partial charge is 0.235 e. The zero-order valence-corrected chi connectivity index (χ0v) is 8.96. The zero-order chi connectivity index (χ0) is 10.6. The molecule has 1 fully saturated rings. The van der Waals surface area contributed by atoms with Gasteiger partial charge in [0.05, 0.1) is 11.8 Å². The maximum Gasteiger partial charge on any atom is 0.235 e. The maximum atomic E-state index is 11.4. The molecule has 0 amide bonds. The van der Waals surface area contributed by atoms with Gasteiger partial charge in [-0.25, -0.2) is 22.5 Å². The third-order valence-electron chi connectivity index (χ3n) is 2.42. The van der Waals surface area contributed by atoms with Crippen LogP contribution in [0.25, 0.3) is 0 Å². The molecule has 0 bridgehead atoms. The van der Waals surface area contributed by atoms with Gasteiger partial charge in [-0.15, -0.1) is 0 Å². The molecule has 14 heavy (non-hydrogen) atoms. The van der Waals surface area contributed by atoms with Crippen LogP contribution in [0.5, 0.6) is 0 Å². The number of isocyanates is 1. The summed E-state index contributed by atoms with van der Waals surface area (Å²) in [6.45, 7) is 2.56. The monoisotopic (exact) mass is 218 g/mol. The molecule has 0 radical (unpaired) electrons. The van der Waals surface area contributed by atoms with Gasteiger partial charge in [0.2, 0.25) is 16.1 Å². The molecular formula is C8H14N2O3S. The lowest BCUT2D eigenvalue weighted by molar-refractivity contribution is 0.321. The molecule has 1 aliphatic heterocycles. The van der Waals surface area contributed by atoms with E-state index in [4.69, 9.17) is 0 Å². The van der Waals surface area contributed by atoms with Crippen molar-refractivity contribution in [1.82, 2.24) is 4.31 Å². The maximum absolute atomic E-state index is 11.4. The van der Waals surface area contributed by atoms with Crippen LogP contribution in [0.4, 0.5) is 0 Å². The Bertz CT molecular complexity index is 324. The van der Waals surface area contributed by atoms with Crippen molar-refractivity contribution in [2.75, 3.05) is 18.8 Å². The number of hydrogen-bond donors (Lipinski definition) is 0. The number of rotatable bonds is 3. The number of nitrogens with zero attached hydrogens (tertiary/aromatic N) is 2. The highest BCUT2D eigenvalue weighted by Gasteiger charge is 2.26. The minimum Gasteiger partial charge on any atom is -0.212 e. The van der Waals surface area contributed by atoms with Crippen LogP contribution >= 0.6 is 0 Å². The van der Waals surface area contributed by atoms with E-state index < -0.39 is 10.0 Å². The standard InChI is InChI=1S/C8H14N2O3S/c1-2-14(12,13)10-5-3-8(4-6-10)9-7-11/h8H,2-6H2,1H3. The summed E-state index contributed by atoms with van der Waals surface area (Å²) in [6, 6.07) is -0.0455. The highest BCUT2D eigenvalue weighted by Crippen LogP contribution is 2.16. The number of carbonyl (C=O) groups excluding carboxylic acids is 1. The van der Waals surface area contributed by atoms with Crippen molar-refractivity contribution in [3.63, 3.8) is 0 Å².